The van der Waals surface area contributed by atoms with Crippen molar-refractivity contribution in [3.05, 3.63) is 42.5 Å². The Bertz CT molecular complexity index is 412. The second kappa shape index (κ2) is 5.68. The normalized spacial score (nSPS) is 10.4. The maximum Gasteiger partial charge on any atom is 1.00 e. The van der Waals surface area contributed by atoms with Crippen molar-refractivity contribution >= 4 is 10.1 Å². The predicted octanol–water partition coefficient (Wildman–Crippen LogP) is -1.68. The molecule has 0 saturated heterocycles. The second-order valence-electron chi connectivity index (χ2n) is 2.55. The van der Waals surface area contributed by atoms with Crippen LogP contribution >= 0.6 is 0 Å². The third kappa shape index (κ3) is 3.55. The van der Waals surface area contributed by atoms with Crippen LogP contribution in [0.5, 0.6) is 0 Å². The van der Waals surface area contributed by atoms with Gasteiger partial charge in [0.2, 0.25) is 0 Å². The second-order valence-corrected chi connectivity index (χ2v) is 3.90. The van der Waals surface area contributed by atoms with Gasteiger partial charge in [-0.05, 0) is 18.1 Å². The van der Waals surface area contributed by atoms with E-state index < -0.39 is 10.1 Å². The molecule has 0 radical (unpaired) electrons. The molecule has 1 rings (SSSR count). The average molecular weight is 220 g/mol. The minimum Gasteiger partial charge on any atom is -0.744 e. The van der Waals surface area contributed by atoms with E-state index in [2.05, 4.69) is 6.58 Å². The van der Waals surface area contributed by atoms with E-state index in [0.717, 1.165) is 0 Å². The van der Waals surface area contributed by atoms with Gasteiger partial charge in [0.15, 0.2) is 0 Å². The molecule has 5 heteroatoms. The first kappa shape index (κ1) is 13.9. The number of hydrogen-bond donors (Lipinski definition) is 0. The molecule has 3 nitrogen and oxygen atoms in total. The third-order valence-corrected chi connectivity index (χ3v) is 2.54. The molecule has 1 aromatic carbocycles. The summed E-state index contributed by atoms with van der Waals surface area (Å²) < 4.78 is 32.2. The van der Waals surface area contributed by atoms with Crippen molar-refractivity contribution < 1.29 is 42.5 Å². The molecule has 0 bridgehead atoms. The van der Waals surface area contributed by atoms with E-state index >= 15 is 0 Å². The van der Waals surface area contributed by atoms with Crippen molar-refractivity contribution in [3.63, 3.8) is 0 Å². The van der Waals surface area contributed by atoms with Crippen molar-refractivity contribution in [2.75, 3.05) is 0 Å². The molecule has 14 heavy (non-hydrogen) atoms. The van der Waals surface area contributed by atoms with Crippen LogP contribution in [0.4, 0.5) is 0 Å². The van der Waals surface area contributed by atoms with Gasteiger partial charge in [-0.1, -0.05) is 24.3 Å². The van der Waals surface area contributed by atoms with Crippen LogP contribution in [0.25, 0.3) is 0 Å². The van der Waals surface area contributed by atoms with Crippen molar-refractivity contribution in [2.24, 2.45) is 0 Å². The topological polar surface area (TPSA) is 57.2 Å². The Labute approximate surface area is 106 Å². The maximum absolute atomic E-state index is 10.7. The van der Waals surface area contributed by atoms with Gasteiger partial charge in [0.05, 0.1) is 4.90 Å². The van der Waals surface area contributed by atoms with Gasteiger partial charge in [-0.2, -0.15) is 0 Å². The number of hydrogen-bond acceptors (Lipinski definition) is 3. The van der Waals surface area contributed by atoms with Crippen LogP contribution in [0.2, 0.25) is 0 Å². The van der Waals surface area contributed by atoms with E-state index in [0.29, 0.717) is 12.0 Å². The maximum atomic E-state index is 10.7. The standard InChI is InChI=1S/C9H10O3S.Na/c1-2-5-8-6-3-4-7-9(8)13(10,11)12;/h2-4,6-7H,1,5H2,(H,10,11,12);/q;+1/p-1. The first-order valence-corrected chi connectivity index (χ1v) is 5.11. The Kier molecular flexibility index (Phi) is 5.63. The quantitative estimate of drug-likeness (QED) is 0.347. The van der Waals surface area contributed by atoms with Gasteiger partial charge in [0.1, 0.15) is 10.1 Å². The summed E-state index contributed by atoms with van der Waals surface area (Å²) in [6.45, 7) is 3.48. The molecular formula is C9H9NaO3S. The Morgan fingerprint density at radius 1 is 1.36 bits per heavy atom. The van der Waals surface area contributed by atoms with Crippen LogP contribution in [0, 0.1) is 0 Å². The molecule has 0 aliphatic heterocycles. The molecular weight excluding hydrogens is 211 g/mol. The van der Waals surface area contributed by atoms with E-state index in [1.165, 1.54) is 12.1 Å². The van der Waals surface area contributed by atoms with Gasteiger partial charge in [-0.15, -0.1) is 6.58 Å². The summed E-state index contributed by atoms with van der Waals surface area (Å²) in [5.41, 5.74) is 0.493. The molecule has 0 N–H and O–H groups in total. The fourth-order valence-electron chi connectivity index (χ4n) is 1.07. The van der Waals surface area contributed by atoms with Gasteiger partial charge >= 0.3 is 29.6 Å². The smallest absolute Gasteiger partial charge is 0.744 e. The molecule has 1 aromatic rings. The Balaban J connectivity index is 0.00000169. The molecule has 0 amide bonds. The van der Waals surface area contributed by atoms with Crippen LogP contribution in [0.15, 0.2) is 41.8 Å². The first-order valence-electron chi connectivity index (χ1n) is 3.70. The molecule has 70 valence electrons. The monoisotopic (exact) mass is 220 g/mol. The van der Waals surface area contributed by atoms with Gasteiger partial charge in [0, 0.05) is 0 Å². The van der Waals surface area contributed by atoms with Crippen LogP contribution in [0.3, 0.4) is 0 Å². The van der Waals surface area contributed by atoms with Crippen molar-refractivity contribution in [1.29, 1.82) is 0 Å². The van der Waals surface area contributed by atoms with Crippen LogP contribution in [-0.4, -0.2) is 13.0 Å². The Morgan fingerprint density at radius 2 is 1.93 bits per heavy atom. The fraction of sp³-hybridized carbons (Fsp3) is 0.111. The van der Waals surface area contributed by atoms with Crippen LogP contribution < -0.4 is 29.6 Å². The van der Waals surface area contributed by atoms with E-state index in [1.807, 2.05) is 0 Å². The zero-order valence-electron chi connectivity index (χ0n) is 7.93. The summed E-state index contributed by atoms with van der Waals surface area (Å²) in [6, 6.07) is 6.12. The average Bonchev–Trinajstić information content (AvgIpc) is 2.04. The Hall–Kier alpha value is -0.130. The van der Waals surface area contributed by atoms with Crippen molar-refractivity contribution in [1.82, 2.24) is 0 Å². The van der Waals surface area contributed by atoms with Crippen LogP contribution in [0.1, 0.15) is 5.56 Å². The summed E-state index contributed by atoms with van der Waals surface area (Å²) >= 11 is 0. The minimum absolute atomic E-state index is 0. The van der Waals surface area contributed by atoms with Gasteiger partial charge in [0.25, 0.3) is 0 Å². The Morgan fingerprint density at radius 3 is 2.43 bits per heavy atom. The summed E-state index contributed by atoms with van der Waals surface area (Å²) in [5.74, 6) is 0. The largest absolute Gasteiger partial charge is 1.00 e. The molecule has 0 unspecified atom stereocenters. The molecule has 0 aliphatic carbocycles. The van der Waals surface area contributed by atoms with Gasteiger partial charge in [-0.3, -0.25) is 0 Å². The molecule has 0 fully saturated rings. The zero-order chi connectivity index (χ0) is 9.90. The van der Waals surface area contributed by atoms with E-state index in [9.17, 15) is 13.0 Å². The first-order chi connectivity index (χ1) is 6.05. The van der Waals surface area contributed by atoms with E-state index in [1.54, 1.807) is 18.2 Å². The molecule has 0 atom stereocenters. The molecule has 0 aliphatic rings. The molecule has 0 aromatic heterocycles. The summed E-state index contributed by atoms with van der Waals surface area (Å²) in [5, 5.41) is 0. The van der Waals surface area contributed by atoms with E-state index in [4.69, 9.17) is 0 Å². The minimum atomic E-state index is -4.35. The number of benzene rings is 1. The zero-order valence-corrected chi connectivity index (χ0v) is 10.8. The summed E-state index contributed by atoms with van der Waals surface area (Å²) in [4.78, 5) is -0.157. The van der Waals surface area contributed by atoms with Crippen molar-refractivity contribution in [3.8, 4) is 0 Å². The van der Waals surface area contributed by atoms with Crippen molar-refractivity contribution in [2.45, 2.75) is 11.3 Å². The fourth-order valence-corrected chi connectivity index (χ4v) is 1.79. The van der Waals surface area contributed by atoms with E-state index in [-0.39, 0.29) is 34.5 Å². The molecule has 0 heterocycles. The van der Waals surface area contributed by atoms with Gasteiger partial charge < -0.3 is 4.55 Å². The number of allylic oxidation sites excluding steroid dienone is 1. The van der Waals surface area contributed by atoms with Gasteiger partial charge in [-0.25, -0.2) is 8.42 Å². The SMILES string of the molecule is C=CCc1ccccc1S(=O)(=O)[O-].[Na+]. The molecule has 0 saturated carbocycles. The number of rotatable bonds is 3. The molecule has 0 spiro atoms. The third-order valence-electron chi connectivity index (χ3n) is 1.61. The summed E-state index contributed by atoms with van der Waals surface area (Å²) in [6.07, 6.45) is 1.95. The summed E-state index contributed by atoms with van der Waals surface area (Å²) in [7, 11) is -4.35. The van der Waals surface area contributed by atoms with Crippen LogP contribution in [-0.2, 0) is 16.5 Å². The predicted molar refractivity (Wildman–Crippen MR) is 48.3 cm³/mol.